The van der Waals surface area contributed by atoms with Crippen molar-refractivity contribution in [3.05, 3.63) is 58.7 Å². The molecule has 0 aliphatic rings. The molecule has 3 aromatic heterocycles. The first kappa shape index (κ1) is 17.8. The highest BCUT2D eigenvalue weighted by atomic mass is 35.5. The topological polar surface area (TPSA) is 97.8 Å². The predicted octanol–water partition coefficient (Wildman–Crippen LogP) is 3.64. The smallest absolute Gasteiger partial charge is 0.250 e. The van der Waals surface area contributed by atoms with Gasteiger partial charge in [-0.2, -0.15) is 5.26 Å². The van der Waals surface area contributed by atoms with Crippen LogP contribution in [0.4, 0.5) is 5.82 Å². The first-order chi connectivity index (χ1) is 12.6. The van der Waals surface area contributed by atoms with Crippen LogP contribution in [0.3, 0.4) is 0 Å². The van der Waals surface area contributed by atoms with Crippen LogP contribution in [-0.2, 0) is 6.54 Å². The average molecular weight is 369 g/mol. The summed E-state index contributed by atoms with van der Waals surface area (Å²) in [6.45, 7) is 0.572. The second kappa shape index (κ2) is 7.89. The van der Waals surface area contributed by atoms with E-state index in [1.807, 2.05) is 6.07 Å². The molecule has 0 saturated carbocycles. The molecule has 0 spiro atoms. The number of nitrogens with zero attached hydrogens (tertiary/aromatic N) is 3. The minimum absolute atomic E-state index is 0.0909. The van der Waals surface area contributed by atoms with E-state index in [4.69, 9.17) is 21.8 Å². The number of nitriles is 1. The Bertz CT molecular complexity index is 1000. The Morgan fingerprint density at radius 3 is 2.85 bits per heavy atom. The molecule has 0 aromatic carbocycles. The Morgan fingerprint density at radius 2 is 2.15 bits per heavy atom. The van der Waals surface area contributed by atoms with Crippen LogP contribution in [-0.4, -0.2) is 15.4 Å². The van der Waals surface area contributed by atoms with Crippen LogP contribution < -0.4 is 11.3 Å². The van der Waals surface area contributed by atoms with Gasteiger partial charge in [0.2, 0.25) is 0 Å². The first-order valence-corrected chi connectivity index (χ1v) is 8.69. The number of aryl methyl sites for hydroxylation is 1. The molecule has 7 heteroatoms. The van der Waals surface area contributed by atoms with Gasteiger partial charge in [0.15, 0.2) is 5.76 Å². The highest BCUT2D eigenvalue weighted by Crippen LogP contribution is 2.32. The number of nitrogen functional groups attached to an aromatic ring is 1. The van der Waals surface area contributed by atoms with Gasteiger partial charge in [0.25, 0.3) is 5.56 Å². The van der Waals surface area contributed by atoms with Crippen molar-refractivity contribution in [2.45, 2.75) is 19.4 Å². The molecule has 0 saturated heterocycles. The number of furan rings is 1. The monoisotopic (exact) mass is 368 g/mol. The summed E-state index contributed by atoms with van der Waals surface area (Å²) in [7, 11) is 0. The highest BCUT2D eigenvalue weighted by Gasteiger charge is 2.16. The Kier molecular flexibility index (Phi) is 5.40. The largest absolute Gasteiger partial charge is 0.463 e. The summed E-state index contributed by atoms with van der Waals surface area (Å²) in [6.07, 6.45) is 4.94. The van der Waals surface area contributed by atoms with Gasteiger partial charge in [0.1, 0.15) is 17.6 Å². The maximum atomic E-state index is 12.1. The number of pyridine rings is 2. The molecule has 132 valence electrons. The average Bonchev–Trinajstić information content (AvgIpc) is 3.18. The van der Waals surface area contributed by atoms with Crippen molar-refractivity contribution < 1.29 is 4.42 Å². The van der Waals surface area contributed by atoms with E-state index >= 15 is 0 Å². The Labute approximate surface area is 155 Å². The third kappa shape index (κ3) is 3.63. The molecule has 0 aliphatic carbocycles. The zero-order chi connectivity index (χ0) is 18.5. The quantitative estimate of drug-likeness (QED) is 0.529. The normalized spacial score (nSPS) is 10.6. The highest BCUT2D eigenvalue weighted by molar-refractivity contribution is 6.17. The molecule has 3 heterocycles. The van der Waals surface area contributed by atoms with Crippen LogP contribution in [0.25, 0.3) is 22.6 Å². The van der Waals surface area contributed by atoms with Gasteiger partial charge in [-0.1, -0.05) is 0 Å². The fourth-order valence-corrected chi connectivity index (χ4v) is 2.87. The van der Waals surface area contributed by atoms with Gasteiger partial charge in [-0.15, -0.1) is 11.6 Å². The molecule has 0 aliphatic heterocycles. The summed E-state index contributed by atoms with van der Waals surface area (Å²) in [5.41, 5.74) is 8.02. The van der Waals surface area contributed by atoms with Crippen LogP contribution in [0.5, 0.6) is 0 Å². The third-order valence-corrected chi connectivity index (χ3v) is 4.27. The first-order valence-electron chi connectivity index (χ1n) is 8.15. The molecule has 0 fully saturated rings. The Balaban J connectivity index is 2.12. The van der Waals surface area contributed by atoms with Crippen LogP contribution in [0.15, 0.2) is 52.0 Å². The standard InChI is InChI=1S/C19H17ClN4O2/c20-7-1-2-8-24-12-13(5-6-17(24)25)15-10-14(11-21)19(22)23-18(15)16-4-3-9-26-16/h3-6,9-10,12H,1-2,7-8H2,(H2,22,23). The lowest BCUT2D eigenvalue weighted by Crippen LogP contribution is -2.18. The minimum Gasteiger partial charge on any atom is -0.463 e. The number of hydrogen-bond acceptors (Lipinski definition) is 5. The van der Waals surface area contributed by atoms with Crippen molar-refractivity contribution in [1.29, 1.82) is 5.26 Å². The number of unbranched alkanes of at least 4 members (excludes halogenated alkanes) is 1. The van der Waals surface area contributed by atoms with Crippen molar-refractivity contribution in [2.75, 3.05) is 11.6 Å². The van der Waals surface area contributed by atoms with Crippen molar-refractivity contribution in [1.82, 2.24) is 9.55 Å². The van der Waals surface area contributed by atoms with E-state index in [0.29, 0.717) is 29.4 Å². The van der Waals surface area contributed by atoms with Gasteiger partial charge < -0.3 is 14.7 Å². The molecular formula is C19H17ClN4O2. The molecule has 0 bridgehead atoms. The summed E-state index contributed by atoms with van der Waals surface area (Å²) in [4.78, 5) is 16.5. The summed E-state index contributed by atoms with van der Waals surface area (Å²) >= 11 is 5.71. The number of halogens is 1. The van der Waals surface area contributed by atoms with E-state index in [2.05, 4.69) is 4.98 Å². The van der Waals surface area contributed by atoms with Crippen LogP contribution in [0.1, 0.15) is 18.4 Å². The third-order valence-electron chi connectivity index (χ3n) is 4.00. The predicted molar refractivity (Wildman–Crippen MR) is 101 cm³/mol. The summed E-state index contributed by atoms with van der Waals surface area (Å²) in [5.74, 6) is 1.24. The lowest BCUT2D eigenvalue weighted by atomic mass is 10.0. The zero-order valence-corrected chi connectivity index (χ0v) is 14.7. The number of rotatable bonds is 6. The minimum atomic E-state index is -0.0909. The van der Waals surface area contributed by atoms with Crippen molar-refractivity contribution in [2.24, 2.45) is 0 Å². The van der Waals surface area contributed by atoms with Gasteiger partial charge >= 0.3 is 0 Å². The number of anilines is 1. The lowest BCUT2D eigenvalue weighted by molar-refractivity contribution is 0.580. The molecule has 0 atom stereocenters. The van der Waals surface area contributed by atoms with Crippen LogP contribution in [0.2, 0.25) is 0 Å². The van der Waals surface area contributed by atoms with Gasteiger partial charge in [-0.05, 0) is 37.1 Å². The van der Waals surface area contributed by atoms with E-state index in [1.165, 1.54) is 6.07 Å². The van der Waals surface area contributed by atoms with E-state index in [-0.39, 0.29) is 16.9 Å². The van der Waals surface area contributed by atoms with Crippen molar-refractivity contribution >= 4 is 17.4 Å². The molecular weight excluding hydrogens is 352 g/mol. The molecule has 0 radical (unpaired) electrons. The fraction of sp³-hybridized carbons (Fsp3) is 0.211. The fourth-order valence-electron chi connectivity index (χ4n) is 2.68. The van der Waals surface area contributed by atoms with Gasteiger partial charge in [0.05, 0.1) is 11.8 Å². The number of alkyl halides is 1. The van der Waals surface area contributed by atoms with E-state index < -0.39 is 0 Å². The maximum Gasteiger partial charge on any atom is 0.250 e. The Hall–Kier alpha value is -3.04. The van der Waals surface area contributed by atoms with E-state index in [0.717, 1.165) is 18.4 Å². The molecule has 26 heavy (non-hydrogen) atoms. The van der Waals surface area contributed by atoms with Crippen LogP contribution in [0, 0.1) is 11.3 Å². The van der Waals surface area contributed by atoms with Crippen LogP contribution >= 0.6 is 11.6 Å². The lowest BCUT2D eigenvalue weighted by Gasteiger charge is -2.12. The molecule has 3 aromatic rings. The van der Waals surface area contributed by atoms with Gasteiger partial charge in [-0.3, -0.25) is 4.79 Å². The second-order valence-corrected chi connectivity index (χ2v) is 6.13. The molecule has 0 unspecified atom stereocenters. The van der Waals surface area contributed by atoms with Crippen molar-refractivity contribution in [3.8, 4) is 28.7 Å². The summed E-state index contributed by atoms with van der Waals surface area (Å²) < 4.78 is 7.09. The second-order valence-electron chi connectivity index (χ2n) is 5.75. The number of nitrogens with two attached hydrogens (primary N) is 1. The van der Waals surface area contributed by atoms with E-state index in [1.54, 1.807) is 41.3 Å². The number of hydrogen-bond donors (Lipinski definition) is 1. The maximum absolute atomic E-state index is 12.1. The molecule has 3 rings (SSSR count). The van der Waals surface area contributed by atoms with Gasteiger partial charge in [0, 0.05) is 35.8 Å². The van der Waals surface area contributed by atoms with Crippen molar-refractivity contribution in [3.63, 3.8) is 0 Å². The van der Waals surface area contributed by atoms with Gasteiger partial charge in [-0.25, -0.2) is 4.98 Å². The Morgan fingerprint density at radius 1 is 1.31 bits per heavy atom. The molecule has 0 amide bonds. The number of aromatic nitrogens is 2. The molecule has 2 N–H and O–H groups in total. The SMILES string of the molecule is N#Cc1cc(-c2ccc(=O)n(CCCCCl)c2)c(-c2ccco2)nc1N. The molecule has 6 nitrogen and oxygen atoms in total. The summed E-state index contributed by atoms with van der Waals surface area (Å²) in [6, 6.07) is 10.5. The summed E-state index contributed by atoms with van der Waals surface area (Å²) in [5, 5.41) is 9.29. The zero-order valence-electron chi connectivity index (χ0n) is 14.0. The van der Waals surface area contributed by atoms with E-state index in [9.17, 15) is 10.1 Å².